The number of piperidine rings is 1. The van der Waals surface area contributed by atoms with Gasteiger partial charge in [0.1, 0.15) is 11.7 Å². The van der Waals surface area contributed by atoms with Gasteiger partial charge in [0.2, 0.25) is 11.8 Å². The van der Waals surface area contributed by atoms with E-state index in [0.29, 0.717) is 17.0 Å². The summed E-state index contributed by atoms with van der Waals surface area (Å²) < 4.78 is 42.2. The fourth-order valence-electron chi connectivity index (χ4n) is 4.59. The number of piperazine rings is 1. The second-order valence-electron chi connectivity index (χ2n) is 8.88. The molecule has 2 aliphatic heterocycles. The molecular weight excluding hydrogens is 479 g/mol. The minimum Gasteiger partial charge on any atom is -0.336 e. The first-order valence-corrected chi connectivity index (χ1v) is 11.3. The first-order chi connectivity index (χ1) is 16.0. The Labute approximate surface area is 196 Å². The van der Waals surface area contributed by atoms with Gasteiger partial charge in [0, 0.05) is 31.7 Å². The maximum absolute atomic E-state index is 13.7. The summed E-state index contributed by atoms with van der Waals surface area (Å²) in [4.78, 5) is 44.3. The smallest absolute Gasteiger partial charge is 0.336 e. The lowest BCUT2D eigenvalue weighted by Crippen LogP contribution is -2.57. The lowest BCUT2D eigenvalue weighted by Gasteiger charge is -2.41. The quantitative estimate of drug-likeness (QED) is 0.654. The van der Waals surface area contributed by atoms with Gasteiger partial charge < -0.3 is 9.80 Å². The van der Waals surface area contributed by atoms with Gasteiger partial charge in [-0.05, 0) is 36.8 Å². The van der Waals surface area contributed by atoms with Gasteiger partial charge >= 0.3 is 6.18 Å². The van der Waals surface area contributed by atoms with E-state index in [0.717, 1.165) is 23.3 Å². The number of hydroxylamine groups is 2. The van der Waals surface area contributed by atoms with E-state index in [9.17, 15) is 32.8 Å². The molecule has 2 aromatic rings. The highest BCUT2D eigenvalue weighted by Crippen LogP contribution is 2.43. The molecule has 3 amide bonds. The molecule has 0 bridgehead atoms. The van der Waals surface area contributed by atoms with Crippen LogP contribution in [0.4, 0.5) is 13.2 Å². The van der Waals surface area contributed by atoms with E-state index in [1.165, 1.54) is 16.0 Å². The molecule has 182 valence electrons. The number of fused-ring (bicyclic) bond motifs is 1. The molecule has 9 nitrogen and oxygen atoms in total. The zero-order chi connectivity index (χ0) is 24.4. The highest BCUT2D eigenvalue weighted by Gasteiger charge is 2.40. The van der Waals surface area contributed by atoms with Crippen LogP contribution >= 0.6 is 11.6 Å². The first kappa shape index (κ1) is 22.9. The monoisotopic (exact) mass is 499 g/mol. The molecule has 34 heavy (non-hydrogen) atoms. The number of imidazole rings is 1. The van der Waals surface area contributed by atoms with E-state index >= 15 is 0 Å². The Balaban J connectivity index is 1.39. The zero-order valence-corrected chi connectivity index (χ0v) is 18.6. The highest BCUT2D eigenvalue weighted by atomic mass is 35.5. The van der Waals surface area contributed by atoms with Crippen molar-refractivity contribution in [3.8, 4) is 0 Å². The van der Waals surface area contributed by atoms with Crippen LogP contribution in [0.3, 0.4) is 0 Å². The van der Waals surface area contributed by atoms with Crippen molar-refractivity contribution < 1.29 is 32.8 Å². The van der Waals surface area contributed by atoms with Crippen molar-refractivity contribution in [1.82, 2.24) is 24.2 Å². The van der Waals surface area contributed by atoms with Crippen LogP contribution in [0.15, 0.2) is 12.3 Å². The number of nitrogens with zero attached hydrogens (tertiary/aromatic N) is 5. The van der Waals surface area contributed by atoms with Crippen LogP contribution in [0.5, 0.6) is 0 Å². The van der Waals surface area contributed by atoms with Gasteiger partial charge in [-0.25, -0.2) is 10.0 Å². The SMILES string of the molecule is O=C1CC(N2CCN(C(=O)c3nc4c(C(F)(F)F)cc(C5CC5)cn4c3Cl)CC2=O)CCN1O. The van der Waals surface area contributed by atoms with Crippen LogP contribution in [0.1, 0.15) is 53.2 Å². The number of halogens is 4. The molecule has 1 N–H and O–H groups in total. The van der Waals surface area contributed by atoms with Crippen molar-refractivity contribution >= 4 is 35.0 Å². The van der Waals surface area contributed by atoms with E-state index in [4.69, 9.17) is 11.6 Å². The van der Waals surface area contributed by atoms with E-state index < -0.39 is 35.1 Å². The van der Waals surface area contributed by atoms with Gasteiger partial charge in [0.15, 0.2) is 11.3 Å². The molecule has 2 saturated heterocycles. The summed E-state index contributed by atoms with van der Waals surface area (Å²) in [5.74, 6) is -1.58. The standard InChI is InChI=1S/C21H21ClF3N5O4/c22-18-17(26-19-14(21(23,24)25)7-12(9-29(18)19)11-1-2-11)20(33)27-5-6-28(16(32)10-27)13-3-4-30(34)15(31)8-13/h7,9,11,13,34H,1-6,8,10H2. The summed E-state index contributed by atoms with van der Waals surface area (Å²) in [6.07, 6.45) is -1.22. The number of hydrogen-bond acceptors (Lipinski definition) is 5. The molecular formula is C21H21ClF3N5O4. The lowest BCUT2D eigenvalue weighted by molar-refractivity contribution is -0.174. The van der Waals surface area contributed by atoms with Crippen molar-refractivity contribution in [2.24, 2.45) is 0 Å². The number of amides is 3. The maximum atomic E-state index is 13.7. The van der Waals surface area contributed by atoms with Crippen LogP contribution < -0.4 is 0 Å². The minimum atomic E-state index is -4.68. The van der Waals surface area contributed by atoms with Crippen LogP contribution in [-0.2, 0) is 15.8 Å². The fourth-order valence-corrected chi connectivity index (χ4v) is 4.84. The predicted octanol–water partition coefficient (Wildman–Crippen LogP) is 2.55. The van der Waals surface area contributed by atoms with E-state index in [2.05, 4.69) is 4.98 Å². The average Bonchev–Trinajstić information content (AvgIpc) is 3.58. The third-order valence-corrected chi connectivity index (χ3v) is 6.96. The van der Waals surface area contributed by atoms with E-state index in [1.54, 1.807) is 0 Å². The van der Waals surface area contributed by atoms with Crippen molar-refractivity contribution in [1.29, 1.82) is 0 Å². The van der Waals surface area contributed by atoms with Gasteiger partial charge in [-0.15, -0.1) is 0 Å². The van der Waals surface area contributed by atoms with Crippen molar-refractivity contribution in [3.63, 3.8) is 0 Å². The number of aromatic nitrogens is 2. The van der Waals surface area contributed by atoms with E-state index in [-0.39, 0.29) is 55.4 Å². The summed E-state index contributed by atoms with van der Waals surface area (Å²) in [6.45, 7) is 0.0630. The predicted molar refractivity (Wildman–Crippen MR) is 111 cm³/mol. The summed E-state index contributed by atoms with van der Waals surface area (Å²) >= 11 is 6.33. The van der Waals surface area contributed by atoms with Gasteiger partial charge in [-0.1, -0.05) is 11.6 Å². The third kappa shape index (κ3) is 3.98. The van der Waals surface area contributed by atoms with Gasteiger partial charge in [0.05, 0.1) is 12.1 Å². The molecule has 1 atom stereocenters. The van der Waals surface area contributed by atoms with E-state index in [1.807, 2.05) is 0 Å². The molecule has 3 aliphatic rings. The number of carbonyl (C=O) groups is 3. The molecule has 1 saturated carbocycles. The van der Waals surface area contributed by atoms with Gasteiger partial charge in [-0.3, -0.25) is 24.0 Å². The Morgan fingerprint density at radius 2 is 1.85 bits per heavy atom. The second-order valence-corrected chi connectivity index (χ2v) is 9.24. The van der Waals surface area contributed by atoms with Crippen molar-refractivity contribution in [2.75, 3.05) is 26.2 Å². The molecule has 0 aromatic carbocycles. The molecule has 0 spiro atoms. The third-order valence-electron chi connectivity index (χ3n) is 6.60. The second kappa shape index (κ2) is 8.12. The largest absolute Gasteiger partial charge is 0.419 e. The molecule has 2 aromatic heterocycles. The van der Waals surface area contributed by atoms with Crippen LogP contribution in [0.2, 0.25) is 5.15 Å². The van der Waals surface area contributed by atoms with Gasteiger partial charge in [-0.2, -0.15) is 13.2 Å². The number of pyridine rings is 1. The number of rotatable bonds is 3. The number of hydrogen-bond donors (Lipinski definition) is 1. The minimum absolute atomic E-state index is 0.0159. The fraction of sp³-hybridized carbons (Fsp3) is 0.524. The summed E-state index contributed by atoms with van der Waals surface area (Å²) in [7, 11) is 0. The Morgan fingerprint density at radius 3 is 2.47 bits per heavy atom. The first-order valence-electron chi connectivity index (χ1n) is 10.9. The Morgan fingerprint density at radius 1 is 1.12 bits per heavy atom. The topological polar surface area (TPSA) is 98.5 Å². The summed E-state index contributed by atoms with van der Waals surface area (Å²) in [6, 6.07) is 0.681. The van der Waals surface area contributed by atoms with Crippen molar-refractivity contribution in [3.05, 3.63) is 34.2 Å². The average molecular weight is 500 g/mol. The Hall–Kier alpha value is -2.86. The maximum Gasteiger partial charge on any atom is 0.419 e. The molecule has 3 fully saturated rings. The zero-order valence-electron chi connectivity index (χ0n) is 17.9. The lowest BCUT2D eigenvalue weighted by atomic mass is 10.0. The van der Waals surface area contributed by atoms with Crippen LogP contribution in [0.25, 0.3) is 5.65 Å². The molecule has 0 radical (unpaired) electrons. The molecule has 5 rings (SSSR count). The van der Waals surface area contributed by atoms with Crippen LogP contribution in [0, 0.1) is 0 Å². The van der Waals surface area contributed by atoms with Crippen molar-refractivity contribution in [2.45, 2.75) is 43.8 Å². The number of alkyl halides is 3. The van der Waals surface area contributed by atoms with Crippen LogP contribution in [-0.4, -0.2) is 79.4 Å². The Kier molecular flexibility index (Phi) is 5.47. The molecule has 1 aliphatic carbocycles. The molecule has 13 heteroatoms. The number of carbonyl (C=O) groups excluding carboxylic acids is 3. The Bertz CT molecular complexity index is 1200. The normalized spacial score (nSPS) is 22.1. The molecule has 1 unspecified atom stereocenters. The van der Waals surface area contributed by atoms with Gasteiger partial charge in [0.25, 0.3) is 5.91 Å². The summed E-state index contributed by atoms with van der Waals surface area (Å²) in [5.41, 5.74) is -1.27. The highest BCUT2D eigenvalue weighted by molar-refractivity contribution is 6.33. The molecule has 4 heterocycles. The summed E-state index contributed by atoms with van der Waals surface area (Å²) in [5, 5.41) is 9.83.